The van der Waals surface area contributed by atoms with Crippen molar-refractivity contribution in [3.05, 3.63) is 0 Å². The first-order chi connectivity index (χ1) is 6.24. The molecule has 1 heterocycles. The lowest BCUT2D eigenvalue weighted by Crippen LogP contribution is -2.16. The molecule has 0 aromatic carbocycles. The lowest BCUT2D eigenvalue weighted by molar-refractivity contribution is 0.350. The summed E-state index contributed by atoms with van der Waals surface area (Å²) in [6.07, 6.45) is 1.22. The van der Waals surface area contributed by atoms with Crippen LogP contribution in [0.25, 0.3) is 0 Å². The van der Waals surface area contributed by atoms with E-state index in [-0.39, 0.29) is 6.61 Å². The third-order valence-electron chi connectivity index (χ3n) is 2.54. The minimum absolute atomic E-state index is 0.109. The number of hydrogen-bond donors (Lipinski definition) is 2. The van der Waals surface area contributed by atoms with Crippen LogP contribution in [0.2, 0.25) is 0 Å². The van der Waals surface area contributed by atoms with Crippen molar-refractivity contribution in [2.75, 3.05) is 26.2 Å². The molecule has 0 aromatic heterocycles. The van der Waals surface area contributed by atoms with Gasteiger partial charge in [-0.05, 0) is 31.3 Å². The Bertz CT molecular complexity index is 172. The number of aliphatic hydroxyl groups excluding tert-OH is 1. The van der Waals surface area contributed by atoms with Gasteiger partial charge in [-0.15, -0.1) is 0 Å². The molecule has 0 unspecified atom stereocenters. The van der Waals surface area contributed by atoms with Gasteiger partial charge < -0.3 is 10.4 Å². The molecular weight excluding hydrogens is 164 g/mol. The van der Waals surface area contributed by atoms with E-state index in [1.165, 1.54) is 6.42 Å². The zero-order valence-electron chi connectivity index (χ0n) is 8.58. The van der Waals surface area contributed by atoms with Crippen LogP contribution in [0, 0.1) is 11.8 Å². The van der Waals surface area contributed by atoms with Gasteiger partial charge in [0, 0.05) is 12.3 Å². The summed E-state index contributed by atoms with van der Waals surface area (Å²) in [6, 6.07) is 0. The molecule has 76 valence electrons. The van der Waals surface area contributed by atoms with Crippen LogP contribution in [0.15, 0.2) is 4.99 Å². The first-order valence-electron chi connectivity index (χ1n) is 5.08. The summed E-state index contributed by atoms with van der Waals surface area (Å²) >= 11 is 0. The number of nitrogens with zero attached hydrogens (tertiary/aromatic N) is 1. The summed E-state index contributed by atoms with van der Waals surface area (Å²) in [7, 11) is 0. The summed E-state index contributed by atoms with van der Waals surface area (Å²) < 4.78 is 0. The van der Waals surface area contributed by atoms with Crippen molar-refractivity contribution in [3.63, 3.8) is 0 Å². The monoisotopic (exact) mass is 184 g/mol. The van der Waals surface area contributed by atoms with E-state index in [2.05, 4.69) is 24.2 Å². The molecule has 1 atom stereocenters. The Balaban J connectivity index is 2.34. The molecule has 1 saturated heterocycles. The first kappa shape index (κ1) is 10.7. The molecule has 0 bridgehead atoms. The highest BCUT2D eigenvalue weighted by Gasteiger charge is 2.14. The average molecular weight is 184 g/mol. The number of aliphatic imine (C=N–C) groups is 1. The summed E-state index contributed by atoms with van der Waals surface area (Å²) in [5, 5.41) is 12.3. The van der Waals surface area contributed by atoms with Crippen LogP contribution in [0.3, 0.4) is 0 Å². The van der Waals surface area contributed by atoms with E-state index in [0.717, 1.165) is 25.3 Å². The van der Waals surface area contributed by atoms with Crippen LogP contribution >= 0.6 is 0 Å². The van der Waals surface area contributed by atoms with E-state index < -0.39 is 0 Å². The Morgan fingerprint density at radius 2 is 2.38 bits per heavy atom. The van der Waals surface area contributed by atoms with E-state index in [0.29, 0.717) is 11.8 Å². The molecular formula is C10H20N2O. The Labute approximate surface area is 80.3 Å². The zero-order chi connectivity index (χ0) is 9.68. The maximum Gasteiger partial charge on any atom is 0.0811 e. The highest BCUT2D eigenvalue weighted by molar-refractivity contribution is 5.87. The Morgan fingerprint density at radius 3 is 2.85 bits per heavy atom. The molecule has 0 saturated carbocycles. The highest BCUT2D eigenvalue weighted by atomic mass is 16.3. The number of nitrogens with one attached hydrogen (secondary N) is 1. The first-order valence-corrected chi connectivity index (χ1v) is 5.08. The van der Waals surface area contributed by atoms with Gasteiger partial charge in [0.05, 0.1) is 6.61 Å². The molecule has 1 rings (SSSR count). The van der Waals surface area contributed by atoms with E-state index in [9.17, 15) is 0 Å². The van der Waals surface area contributed by atoms with Gasteiger partial charge in [-0.25, -0.2) is 0 Å². The van der Waals surface area contributed by atoms with Crippen LogP contribution in [-0.2, 0) is 0 Å². The van der Waals surface area contributed by atoms with E-state index >= 15 is 0 Å². The predicted octanol–water partition coefficient (Wildman–Crippen LogP) is 0.685. The average Bonchev–Trinajstić information content (AvgIpc) is 2.57. The van der Waals surface area contributed by atoms with Crippen LogP contribution in [0.4, 0.5) is 0 Å². The second kappa shape index (κ2) is 5.35. The van der Waals surface area contributed by atoms with Crippen LogP contribution < -0.4 is 5.32 Å². The maximum atomic E-state index is 9.02. The van der Waals surface area contributed by atoms with Crippen molar-refractivity contribution in [2.45, 2.75) is 20.3 Å². The second-order valence-corrected chi connectivity index (χ2v) is 4.00. The quantitative estimate of drug-likeness (QED) is 0.631. The smallest absolute Gasteiger partial charge is 0.0811 e. The number of aliphatic hydroxyl groups is 1. The molecule has 3 nitrogen and oxygen atoms in total. The molecule has 1 fully saturated rings. The fourth-order valence-corrected chi connectivity index (χ4v) is 1.53. The van der Waals surface area contributed by atoms with Gasteiger partial charge in [0.1, 0.15) is 0 Å². The van der Waals surface area contributed by atoms with Gasteiger partial charge in [-0.3, -0.25) is 4.99 Å². The minimum Gasteiger partial charge on any atom is -0.390 e. The molecule has 1 aliphatic rings. The molecule has 1 aliphatic heterocycles. The van der Waals surface area contributed by atoms with Gasteiger partial charge in [-0.2, -0.15) is 0 Å². The maximum absolute atomic E-state index is 9.02. The zero-order valence-corrected chi connectivity index (χ0v) is 8.58. The number of rotatable bonds is 4. The Hall–Kier alpha value is -0.410. The lowest BCUT2D eigenvalue weighted by Gasteiger charge is -2.09. The van der Waals surface area contributed by atoms with Crippen LogP contribution in [-0.4, -0.2) is 37.1 Å². The van der Waals surface area contributed by atoms with Gasteiger partial charge in [-0.1, -0.05) is 13.8 Å². The molecule has 0 aliphatic carbocycles. The summed E-state index contributed by atoms with van der Waals surface area (Å²) in [4.78, 5) is 4.45. The molecule has 0 spiro atoms. The van der Waals surface area contributed by atoms with E-state index in [4.69, 9.17) is 5.11 Å². The molecule has 3 heteroatoms. The van der Waals surface area contributed by atoms with Crippen molar-refractivity contribution in [1.82, 2.24) is 5.32 Å². The molecule has 2 N–H and O–H groups in total. The Morgan fingerprint density at radius 1 is 1.62 bits per heavy atom. The van der Waals surface area contributed by atoms with Crippen LogP contribution in [0.1, 0.15) is 20.3 Å². The fourth-order valence-electron chi connectivity index (χ4n) is 1.53. The van der Waals surface area contributed by atoms with Crippen molar-refractivity contribution >= 4 is 5.71 Å². The lowest BCUT2D eigenvalue weighted by atomic mass is 10.1. The van der Waals surface area contributed by atoms with Gasteiger partial charge in [0.15, 0.2) is 0 Å². The van der Waals surface area contributed by atoms with Crippen molar-refractivity contribution in [3.8, 4) is 0 Å². The molecule has 0 aromatic rings. The SMILES string of the molecule is CC(C)/C(CO)=N/C[C@H]1CCNC1. The van der Waals surface area contributed by atoms with E-state index in [1.807, 2.05) is 0 Å². The molecule has 13 heavy (non-hydrogen) atoms. The summed E-state index contributed by atoms with van der Waals surface area (Å²) in [5.74, 6) is 1.06. The Kier molecular flexibility index (Phi) is 4.39. The van der Waals surface area contributed by atoms with Gasteiger partial charge in [0.25, 0.3) is 0 Å². The summed E-state index contributed by atoms with van der Waals surface area (Å²) in [5.41, 5.74) is 0.937. The van der Waals surface area contributed by atoms with E-state index in [1.54, 1.807) is 0 Å². The molecule has 0 amide bonds. The van der Waals surface area contributed by atoms with Crippen molar-refractivity contribution in [1.29, 1.82) is 0 Å². The highest BCUT2D eigenvalue weighted by Crippen LogP contribution is 2.08. The van der Waals surface area contributed by atoms with Crippen molar-refractivity contribution < 1.29 is 5.11 Å². The number of hydrogen-bond acceptors (Lipinski definition) is 3. The van der Waals surface area contributed by atoms with Crippen LogP contribution in [0.5, 0.6) is 0 Å². The third-order valence-corrected chi connectivity index (χ3v) is 2.54. The van der Waals surface area contributed by atoms with Gasteiger partial charge >= 0.3 is 0 Å². The van der Waals surface area contributed by atoms with Crippen molar-refractivity contribution in [2.24, 2.45) is 16.8 Å². The van der Waals surface area contributed by atoms with Gasteiger partial charge in [0.2, 0.25) is 0 Å². The topological polar surface area (TPSA) is 44.6 Å². The standard InChI is InChI=1S/C10H20N2O/c1-8(2)10(7-13)12-6-9-3-4-11-5-9/h8-9,11,13H,3-7H2,1-2H3/b12-10+/t9-/m0/s1. The molecule has 0 radical (unpaired) electrons. The largest absolute Gasteiger partial charge is 0.390 e. The minimum atomic E-state index is 0.109. The fraction of sp³-hybridized carbons (Fsp3) is 0.900. The third kappa shape index (κ3) is 3.44. The second-order valence-electron chi connectivity index (χ2n) is 4.00. The normalized spacial score (nSPS) is 24.3. The summed E-state index contributed by atoms with van der Waals surface area (Å²) in [6.45, 7) is 7.33. The predicted molar refractivity (Wildman–Crippen MR) is 55.2 cm³/mol.